The molecule has 4 aliphatic rings. The number of amides is 4. The van der Waals surface area contributed by atoms with Gasteiger partial charge in [0, 0.05) is 17.7 Å². The van der Waals surface area contributed by atoms with Crippen LogP contribution in [0.4, 0.5) is 22.4 Å². The molecule has 7 atom stereocenters. The second-order valence-corrected chi connectivity index (χ2v) is 19.5. The third kappa shape index (κ3) is 9.19. The molecule has 0 unspecified atom stereocenters. The Morgan fingerprint density at radius 3 is 2.38 bits per heavy atom. The van der Waals surface area contributed by atoms with Crippen molar-refractivity contribution in [1.82, 2.24) is 25.2 Å². The zero-order chi connectivity index (χ0) is 44.9. The highest BCUT2D eigenvalue weighted by atomic mass is 32.2. The van der Waals surface area contributed by atoms with Gasteiger partial charge in [0.25, 0.3) is 5.91 Å². The van der Waals surface area contributed by atoms with Gasteiger partial charge in [-0.2, -0.15) is 13.2 Å². The summed E-state index contributed by atoms with van der Waals surface area (Å²) in [5.74, 6) is -4.59. The van der Waals surface area contributed by atoms with Crippen molar-refractivity contribution in [1.29, 1.82) is 0 Å². The first-order chi connectivity index (χ1) is 28.5. The number of allylic oxidation sites excluding steroid dienone is 1. The molecule has 2 aliphatic carbocycles. The summed E-state index contributed by atoms with van der Waals surface area (Å²) in [4.78, 5) is 62.2. The van der Waals surface area contributed by atoms with E-state index in [1.54, 1.807) is 13.0 Å². The third-order valence-electron chi connectivity index (χ3n) is 12.5. The predicted molar refractivity (Wildman–Crippen MR) is 212 cm³/mol. The van der Waals surface area contributed by atoms with Crippen LogP contribution in [0.3, 0.4) is 0 Å². The molecule has 3 fully saturated rings. The molecular formula is C41H53F4N5O10S. The number of carbonyl (C=O) groups excluding carboxylic acids is 4. The summed E-state index contributed by atoms with van der Waals surface area (Å²) in [6.07, 6.45) is -0.277. The molecule has 0 bridgehead atoms. The Morgan fingerprint density at radius 1 is 1.07 bits per heavy atom. The molecule has 2 saturated carbocycles. The van der Waals surface area contributed by atoms with Crippen LogP contribution >= 0.6 is 0 Å². The van der Waals surface area contributed by atoms with E-state index in [9.17, 15) is 40.8 Å². The first-order valence-corrected chi connectivity index (χ1v) is 21.8. The van der Waals surface area contributed by atoms with Gasteiger partial charge in [0.05, 0.1) is 37.1 Å². The minimum absolute atomic E-state index is 0.0587. The van der Waals surface area contributed by atoms with Crippen molar-refractivity contribution in [2.24, 2.45) is 17.8 Å². The van der Waals surface area contributed by atoms with Gasteiger partial charge in [-0.05, 0) is 83.3 Å². The molecule has 1 aromatic heterocycles. The lowest BCUT2D eigenvalue weighted by atomic mass is 9.85. The van der Waals surface area contributed by atoms with Crippen LogP contribution in [0.25, 0.3) is 10.8 Å². The molecule has 2 aliphatic heterocycles. The molecule has 15 nitrogen and oxygen atoms in total. The zero-order valence-corrected chi connectivity index (χ0v) is 35.9. The number of hydrogen-bond acceptors (Lipinski definition) is 11. The predicted octanol–water partition coefficient (Wildman–Crippen LogP) is 5.45. The Morgan fingerprint density at radius 2 is 1.75 bits per heavy atom. The largest absolute Gasteiger partial charge is 0.494 e. The lowest BCUT2D eigenvalue weighted by molar-refractivity contribution is -0.244. The quantitative estimate of drug-likeness (QED) is 0.203. The number of rotatable bonds is 10. The van der Waals surface area contributed by atoms with Crippen molar-refractivity contribution < 1.29 is 64.1 Å². The molecule has 2 aromatic rings. The standard InChI is InChI=1S/C41H53F4N5O10S/c1-8-23-15-22(2)11-9-10-12-24-19-40(24,36(53)49-61(55,56)39(5)13-14-39)48-33(51)29-16-25(21-50(29)35(52)32(23)47-37(54)60-38(3,4)41(43,44)45)59-34-27-17-28(42)30(57-6)18-26(27)31(58-7)20-46-34/h10,12,17-18,20,22-25,29,32H,8-9,11,13-16,19,21H2,1-7H3,(H,47,54)(H,48,51)(H,49,53)/t22-,23+,24+,25+,29-,32-,40+/m0/s1. The lowest BCUT2D eigenvalue weighted by Gasteiger charge is -2.35. The summed E-state index contributed by atoms with van der Waals surface area (Å²) in [6.45, 7) is 6.23. The second kappa shape index (κ2) is 16.8. The Labute approximate surface area is 351 Å². The van der Waals surface area contributed by atoms with Crippen LogP contribution in [-0.2, 0) is 29.1 Å². The summed E-state index contributed by atoms with van der Waals surface area (Å²) in [7, 11) is -1.44. The molecule has 1 saturated heterocycles. The van der Waals surface area contributed by atoms with Crippen LogP contribution in [0.15, 0.2) is 30.5 Å². The normalized spacial score (nSPS) is 28.0. The van der Waals surface area contributed by atoms with E-state index in [2.05, 4.69) is 20.3 Å². The number of fused-ring (bicyclic) bond motifs is 3. The van der Waals surface area contributed by atoms with E-state index in [0.717, 1.165) is 11.0 Å². The van der Waals surface area contributed by atoms with Gasteiger partial charge in [-0.25, -0.2) is 22.6 Å². The topological polar surface area (TPSA) is 192 Å². The van der Waals surface area contributed by atoms with Crippen molar-refractivity contribution >= 4 is 44.6 Å². The van der Waals surface area contributed by atoms with Crippen LogP contribution in [0.1, 0.15) is 86.0 Å². The number of pyridine rings is 1. The molecule has 1 aromatic carbocycles. The van der Waals surface area contributed by atoms with E-state index < -0.39 is 91.7 Å². The Hall–Kier alpha value is -4.88. The number of nitrogens with one attached hydrogen (secondary N) is 3. The SMILES string of the molecule is CC[C@@H]1C[C@@H](C)CCC=C[C@@H]2C[C@@]2(C(=O)NS(=O)(=O)C2(C)CC2)NC(=O)[C@@H]2C[C@@H](Oc3ncc(OC)c4cc(OC)c(F)cc34)CN2C(=O)[C@H]1NC(=O)OC(C)(C)C(F)(F)F. The summed E-state index contributed by atoms with van der Waals surface area (Å²) in [5, 5.41) is 5.69. The van der Waals surface area contributed by atoms with Crippen molar-refractivity contribution in [3.05, 3.63) is 36.3 Å². The number of benzene rings is 1. The van der Waals surface area contributed by atoms with E-state index in [1.807, 2.05) is 13.0 Å². The van der Waals surface area contributed by atoms with Gasteiger partial charge in [-0.1, -0.05) is 32.4 Å². The average molecular weight is 884 g/mol. The van der Waals surface area contributed by atoms with Crippen LogP contribution in [-0.4, -0.2) is 103 Å². The molecule has 4 amide bonds. The van der Waals surface area contributed by atoms with E-state index in [4.69, 9.17) is 18.9 Å². The molecule has 0 spiro atoms. The number of halogens is 4. The molecule has 61 heavy (non-hydrogen) atoms. The summed E-state index contributed by atoms with van der Waals surface area (Å²) < 4.78 is 106. The number of hydrogen-bond donors (Lipinski definition) is 3. The number of alkyl carbamates (subject to hydrolysis) is 1. The summed E-state index contributed by atoms with van der Waals surface area (Å²) in [5.41, 5.74) is -4.62. The maximum absolute atomic E-state index is 15.1. The molecular weight excluding hydrogens is 831 g/mol. The average Bonchev–Trinajstić information content (AvgIpc) is 4.06. The molecule has 0 radical (unpaired) electrons. The summed E-state index contributed by atoms with van der Waals surface area (Å²) >= 11 is 0. The third-order valence-corrected chi connectivity index (χ3v) is 14.7. The Bertz CT molecular complexity index is 2200. The Kier molecular flexibility index (Phi) is 12.5. The minimum atomic E-state index is -4.95. The van der Waals surface area contributed by atoms with Crippen LogP contribution in [0.2, 0.25) is 0 Å². The van der Waals surface area contributed by atoms with E-state index in [-0.39, 0.29) is 48.1 Å². The number of methoxy groups -OCH3 is 2. The van der Waals surface area contributed by atoms with Gasteiger partial charge in [-0.3, -0.25) is 19.1 Å². The number of nitrogens with zero attached hydrogens (tertiary/aromatic N) is 2. The Balaban J connectivity index is 1.39. The highest BCUT2D eigenvalue weighted by Crippen LogP contribution is 2.48. The van der Waals surface area contributed by atoms with Crippen LogP contribution in [0, 0.1) is 23.6 Å². The molecule has 3 N–H and O–H groups in total. The molecule has 3 heterocycles. The first-order valence-electron chi connectivity index (χ1n) is 20.3. The van der Waals surface area contributed by atoms with Gasteiger partial charge in [-0.15, -0.1) is 0 Å². The maximum Gasteiger partial charge on any atom is 0.427 e. The molecule has 336 valence electrons. The number of sulfonamides is 1. The van der Waals surface area contributed by atoms with Gasteiger partial charge >= 0.3 is 12.3 Å². The fourth-order valence-corrected chi connectivity index (χ4v) is 9.33. The highest BCUT2D eigenvalue weighted by molar-refractivity contribution is 7.91. The summed E-state index contributed by atoms with van der Waals surface area (Å²) in [6, 6.07) is -0.386. The first kappa shape index (κ1) is 45.6. The molecule has 6 rings (SSSR count). The van der Waals surface area contributed by atoms with Gasteiger partial charge in [0.2, 0.25) is 33.3 Å². The van der Waals surface area contributed by atoms with Gasteiger partial charge < -0.3 is 34.5 Å². The lowest BCUT2D eigenvalue weighted by Crippen LogP contribution is -2.60. The zero-order valence-electron chi connectivity index (χ0n) is 35.1. The van der Waals surface area contributed by atoms with Crippen molar-refractivity contribution in [2.75, 3.05) is 20.8 Å². The fraction of sp³-hybridized carbons (Fsp3) is 0.634. The van der Waals surface area contributed by atoms with Crippen LogP contribution < -0.4 is 29.6 Å². The van der Waals surface area contributed by atoms with Crippen LogP contribution in [0.5, 0.6) is 17.4 Å². The van der Waals surface area contributed by atoms with E-state index in [1.165, 1.54) is 33.4 Å². The minimum Gasteiger partial charge on any atom is -0.494 e. The van der Waals surface area contributed by atoms with Crippen molar-refractivity contribution in [2.45, 2.75) is 126 Å². The number of ether oxygens (including phenoxy) is 4. The van der Waals surface area contributed by atoms with Gasteiger partial charge in [0.1, 0.15) is 29.5 Å². The fourth-order valence-electron chi connectivity index (χ4n) is 8.02. The van der Waals surface area contributed by atoms with Crippen molar-refractivity contribution in [3.8, 4) is 17.4 Å². The second-order valence-electron chi connectivity index (χ2n) is 17.3. The number of aromatic nitrogens is 1. The monoisotopic (exact) mass is 883 g/mol. The number of alkyl halides is 3. The smallest absolute Gasteiger partial charge is 0.427 e. The van der Waals surface area contributed by atoms with Crippen molar-refractivity contribution in [3.63, 3.8) is 0 Å². The molecule has 20 heteroatoms. The number of carbonyl (C=O) groups is 4. The van der Waals surface area contributed by atoms with Gasteiger partial charge in [0.15, 0.2) is 11.6 Å². The maximum atomic E-state index is 15.1. The van der Waals surface area contributed by atoms with E-state index >= 15 is 4.39 Å². The highest BCUT2D eigenvalue weighted by Gasteiger charge is 2.63. The van der Waals surface area contributed by atoms with E-state index in [0.29, 0.717) is 57.8 Å².